The fourth-order valence-corrected chi connectivity index (χ4v) is 3.29. The van der Waals surface area contributed by atoms with Gasteiger partial charge in [0.15, 0.2) is 0 Å². The van der Waals surface area contributed by atoms with Crippen LogP contribution < -0.4 is 10.1 Å². The third-order valence-corrected chi connectivity index (χ3v) is 4.96. The van der Waals surface area contributed by atoms with Crippen molar-refractivity contribution in [1.29, 1.82) is 0 Å². The van der Waals surface area contributed by atoms with Gasteiger partial charge in [0.25, 0.3) is 5.91 Å². The fraction of sp³-hybridized carbons (Fsp3) is 0.217. The van der Waals surface area contributed by atoms with Gasteiger partial charge >= 0.3 is 6.03 Å². The number of benzene rings is 1. The zero-order chi connectivity index (χ0) is 21.5. The Morgan fingerprint density at radius 1 is 0.935 bits per heavy atom. The summed E-state index contributed by atoms with van der Waals surface area (Å²) in [5.41, 5.74) is 2.03. The van der Waals surface area contributed by atoms with E-state index in [2.05, 4.69) is 15.3 Å². The molecule has 3 aromatic rings. The summed E-state index contributed by atoms with van der Waals surface area (Å²) in [7, 11) is 0. The van der Waals surface area contributed by atoms with Crippen LogP contribution in [0.5, 0.6) is 5.75 Å². The number of hydrogen-bond donors (Lipinski definition) is 1. The first kappa shape index (κ1) is 20.3. The van der Waals surface area contributed by atoms with Gasteiger partial charge in [-0.1, -0.05) is 12.1 Å². The number of nitrogens with zero attached hydrogens (tertiary/aromatic N) is 4. The minimum Gasteiger partial charge on any atom is -0.487 e. The maximum absolute atomic E-state index is 12.9. The summed E-state index contributed by atoms with van der Waals surface area (Å²) in [6.07, 6.45) is 4.97. The maximum Gasteiger partial charge on any atom is 0.322 e. The highest BCUT2D eigenvalue weighted by atomic mass is 16.5. The van der Waals surface area contributed by atoms with E-state index in [0.29, 0.717) is 49.8 Å². The number of anilines is 1. The summed E-state index contributed by atoms with van der Waals surface area (Å²) in [6.45, 7) is 2.21. The van der Waals surface area contributed by atoms with Crippen molar-refractivity contribution < 1.29 is 14.3 Å². The molecule has 1 aromatic carbocycles. The molecular weight excluding hydrogens is 394 g/mol. The van der Waals surface area contributed by atoms with Crippen LogP contribution in [0.15, 0.2) is 73.2 Å². The molecule has 8 heteroatoms. The van der Waals surface area contributed by atoms with Crippen molar-refractivity contribution in [2.24, 2.45) is 0 Å². The highest BCUT2D eigenvalue weighted by Gasteiger charge is 2.25. The molecule has 4 rings (SSSR count). The maximum atomic E-state index is 12.9. The zero-order valence-corrected chi connectivity index (χ0v) is 17.0. The average Bonchev–Trinajstić information content (AvgIpc) is 2.84. The van der Waals surface area contributed by atoms with Gasteiger partial charge in [0.1, 0.15) is 12.4 Å². The van der Waals surface area contributed by atoms with Crippen molar-refractivity contribution in [3.05, 3.63) is 84.4 Å². The molecule has 1 saturated heterocycles. The Balaban J connectivity index is 1.30. The largest absolute Gasteiger partial charge is 0.487 e. The lowest BCUT2D eigenvalue weighted by molar-refractivity contribution is 0.0671. The number of hydrogen-bond acceptors (Lipinski definition) is 5. The fourth-order valence-electron chi connectivity index (χ4n) is 3.29. The van der Waals surface area contributed by atoms with E-state index in [1.807, 2.05) is 24.3 Å². The minimum absolute atomic E-state index is 0.0735. The van der Waals surface area contributed by atoms with Gasteiger partial charge in [0, 0.05) is 44.1 Å². The van der Waals surface area contributed by atoms with Crippen LogP contribution in [0, 0.1) is 0 Å². The first-order valence-corrected chi connectivity index (χ1v) is 10.1. The Morgan fingerprint density at radius 2 is 1.77 bits per heavy atom. The molecule has 0 saturated carbocycles. The van der Waals surface area contributed by atoms with Crippen LogP contribution in [0.1, 0.15) is 16.1 Å². The predicted molar refractivity (Wildman–Crippen MR) is 116 cm³/mol. The minimum atomic E-state index is -0.190. The highest BCUT2D eigenvalue weighted by Crippen LogP contribution is 2.17. The number of carbonyl (C=O) groups excluding carboxylic acids is 2. The lowest BCUT2D eigenvalue weighted by Crippen LogP contribution is -2.51. The van der Waals surface area contributed by atoms with Crippen LogP contribution in [-0.4, -0.2) is 57.9 Å². The number of aromatic nitrogens is 2. The normalized spacial score (nSPS) is 13.5. The third-order valence-electron chi connectivity index (χ3n) is 4.96. The lowest BCUT2D eigenvalue weighted by atomic mass is 10.1. The van der Waals surface area contributed by atoms with E-state index in [1.165, 1.54) is 0 Å². The van der Waals surface area contributed by atoms with Gasteiger partial charge < -0.3 is 19.9 Å². The Labute approximate surface area is 180 Å². The van der Waals surface area contributed by atoms with Gasteiger partial charge in [-0.15, -0.1) is 0 Å². The van der Waals surface area contributed by atoms with Crippen LogP contribution in [-0.2, 0) is 6.61 Å². The Morgan fingerprint density at radius 3 is 2.52 bits per heavy atom. The topological polar surface area (TPSA) is 87.7 Å². The van der Waals surface area contributed by atoms with Crippen molar-refractivity contribution in [3.8, 4) is 5.75 Å². The smallest absolute Gasteiger partial charge is 0.322 e. The monoisotopic (exact) mass is 417 g/mol. The van der Waals surface area contributed by atoms with Crippen molar-refractivity contribution >= 4 is 17.6 Å². The molecule has 31 heavy (non-hydrogen) atoms. The average molecular weight is 417 g/mol. The second kappa shape index (κ2) is 9.71. The van der Waals surface area contributed by atoms with Crippen LogP contribution in [0.2, 0.25) is 0 Å². The van der Waals surface area contributed by atoms with Crippen molar-refractivity contribution in [2.75, 3.05) is 31.5 Å². The van der Waals surface area contributed by atoms with E-state index >= 15 is 0 Å². The summed E-state index contributed by atoms with van der Waals surface area (Å²) in [5.74, 6) is 0.543. The van der Waals surface area contributed by atoms with Gasteiger partial charge in [0.2, 0.25) is 0 Å². The second-order valence-electron chi connectivity index (χ2n) is 7.09. The number of piperazine rings is 1. The van der Waals surface area contributed by atoms with Gasteiger partial charge in [-0.05, 0) is 42.5 Å². The molecule has 3 heterocycles. The van der Waals surface area contributed by atoms with Gasteiger partial charge in [-0.25, -0.2) is 4.79 Å². The Bertz CT molecular complexity index is 1020. The van der Waals surface area contributed by atoms with Crippen LogP contribution >= 0.6 is 0 Å². The molecule has 0 spiro atoms. The standard InChI is InChI=1S/C23H23N5O3/c29-22(18-5-3-8-21(15-18)31-17-20-6-1-2-10-25-20)27-11-13-28(14-12-27)23(30)26-19-7-4-9-24-16-19/h1-10,15-16H,11-14,17H2,(H,26,30). The van der Waals surface area contributed by atoms with Gasteiger partial charge in [-0.2, -0.15) is 0 Å². The molecule has 3 amide bonds. The summed E-state index contributed by atoms with van der Waals surface area (Å²) < 4.78 is 5.78. The number of amides is 3. The quantitative estimate of drug-likeness (QED) is 0.689. The molecule has 1 aliphatic heterocycles. The number of rotatable bonds is 5. The number of urea groups is 1. The summed E-state index contributed by atoms with van der Waals surface area (Å²) >= 11 is 0. The van der Waals surface area contributed by atoms with E-state index in [9.17, 15) is 9.59 Å². The Kier molecular flexibility index (Phi) is 6.37. The van der Waals surface area contributed by atoms with Gasteiger partial charge in [0.05, 0.1) is 17.6 Å². The molecular formula is C23H23N5O3. The first-order valence-electron chi connectivity index (χ1n) is 10.1. The number of pyridine rings is 2. The predicted octanol–water partition coefficient (Wildman–Crippen LogP) is 3.05. The van der Waals surface area contributed by atoms with E-state index in [0.717, 1.165) is 5.69 Å². The molecule has 0 bridgehead atoms. The van der Waals surface area contributed by atoms with Crippen LogP contribution in [0.25, 0.3) is 0 Å². The second-order valence-corrected chi connectivity index (χ2v) is 7.09. The zero-order valence-electron chi connectivity index (χ0n) is 17.0. The molecule has 1 N–H and O–H groups in total. The Hall–Kier alpha value is -3.94. The number of ether oxygens (including phenoxy) is 1. The van der Waals surface area contributed by atoms with E-state index in [1.54, 1.807) is 58.7 Å². The summed E-state index contributed by atoms with van der Waals surface area (Å²) in [6, 6.07) is 16.1. The van der Waals surface area contributed by atoms with Gasteiger partial charge in [-0.3, -0.25) is 14.8 Å². The number of nitrogens with one attached hydrogen (secondary N) is 1. The van der Waals surface area contributed by atoms with Crippen LogP contribution in [0.3, 0.4) is 0 Å². The van der Waals surface area contributed by atoms with Crippen molar-refractivity contribution in [3.63, 3.8) is 0 Å². The first-order chi connectivity index (χ1) is 15.2. The molecule has 2 aromatic heterocycles. The summed E-state index contributed by atoms with van der Waals surface area (Å²) in [5, 5.41) is 2.82. The molecule has 0 atom stereocenters. The molecule has 0 aliphatic carbocycles. The van der Waals surface area contributed by atoms with E-state index in [4.69, 9.17) is 4.74 Å². The van der Waals surface area contributed by atoms with E-state index in [-0.39, 0.29) is 11.9 Å². The lowest BCUT2D eigenvalue weighted by Gasteiger charge is -2.34. The molecule has 0 radical (unpaired) electrons. The molecule has 158 valence electrons. The molecule has 0 unspecified atom stereocenters. The molecule has 1 aliphatic rings. The van der Waals surface area contributed by atoms with Crippen molar-refractivity contribution in [2.45, 2.75) is 6.61 Å². The SMILES string of the molecule is O=C(Nc1cccnc1)N1CCN(C(=O)c2cccc(OCc3ccccn3)c2)CC1. The highest BCUT2D eigenvalue weighted by molar-refractivity contribution is 5.95. The third kappa shape index (κ3) is 5.36. The van der Waals surface area contributed by atoms with Crippen molar-refractivity contribution in [1.82, 2.24) is 19.8 Å². The van der Waals surface area contributed by atoms with Crippen LogP contribution in [0.4, 0.5) is 10.5 Å². The number of carbonyl (C=O) groups is 2. The molecule has 1 fully saturated rings. The van der Waals surface area contributed by atoms with E-state index < -0.39 is 0 Å². The molecule has 8 nitrogen and oxygen atoms in total. The summed E-state index contributed by atoms with van der Waals surface area (Å²) in [4.78, 5) is 37.0.